The standard InChI is InChI=1S/C16H23NO2/c18-16(10-17-9-14-6-7-15(17)8-14)12-19-11-13-4-2-1-3-5-13/h1-5,14-16,18H,6-12H2. The fraction of sp³-hybridized carbons (Fsp3) is 0.625. The highest BCUT2D eigenvalue weighted by Crippen LogP contribution is 2.37. The van der Waals surface area contributed by atoms with E-state index in [1.807, 2.05) is 30.3 Å². The summed E-state index contributed by atoms with van der Waals surface area (Å²) in [5.74, 6) is 0.891. The molecule has 1 saturated carbocycles. The second-order valence-electron chi connectivity index (χ2n) is 5.94. The molecule has 1 N–H and O–H groups in total. The second kappa shape index (κ2) is 6.04. The van der Waals surface area contributed by atoms with Crippen LogP contribution in [-0.2, 0) is 11.3 Å². The summed E-state index contributed by atoms with van der Waals surface area (Å²) in [4.78, 5) is 2.45. The Morgan fingerprint density at radius 3 is 2.79 bits per heavy atom. The zero-order chi connectivity index (χ0) is 13.1. The molecule has 19 heavy (non-hydrogen) atoms. The predicted octanol–water partition coefficient (Wildman–Crippen LogP) is 2.05. The number of ether oxygens (including phenoxy) is 1. The molecule has 0 amide bonds. The van der Waals surface area contributed by atoms with E-state index < -0.39 is 0 Å². The van der Waals surface area contributed by atoms with Crippen LogP contribution < -0.4 is 0 Å². The topological polar surface area (TPSA) is 32.7 Å². The smallest absolute Gasteiger partial charge is 0.0900 e. The average molecular weight is 261 g/mol. The summed E-state index contributed by atoms with van der Waals surface area (Å²) >= 11 is 0. The molecule has 1 aliphatic heterocycles. The van der Waals surface area contributed by atoms with Crippen molar-refractivity contribution >= 4 is 0 Å². The van der Waals surface area contributed by atoms with E-state index in [0.29, 0.717) is 13.2 Å². The van der Waals surface area contributed by atoms with Crippen molar-refractivity contribution in [3.63, 3.8) is 0 Å². The molecule has 0 radical (unpaired) electrons. The number of aliphatic hydroxyl groups excluding tert-OH is 1. The van der Waals surface area contributed by atoms with Crippen molar-refractivity contribution in [2.24, 2.45) is 5.92 Å². The van der Waals surface area contributed by atoms with Crippen molar-refractivity contribution in [3.05, 3.63) is 35.9 Å². The summed E-state index contributed by atoms with van der Waals surface area (Å²) < 4.78 is 5.60. The molecular formula is C16H23NO2. The van der Waals surface area contributed by atoms with Crippen LogP contribution in [0.25, 0.3) is 0 Å². The van der Waals surface area contributed by atoms with Crippen molar-refractivity contribution < 1.29 is 9.84 Å². The molecule has 2 bridgehead atoms. The molecule has 1 saturated heterocycles. The van der Waals surface area contributed by atoms with E-state index in [0.717, 1.165) is 24.1 Å². The molecule has 3 heteroatoms. The van der Waals surface area contributed by atoms with Gasteiger partial charge >= 0.3 is 0 Å². The molecule has 3 unspecified atom stereocenters. The van der Waals surface area contributed by atoms with Crippen LogP contribution in [0.3, 0.4) is 0 Å². The van der Waals surface area contributed by atoms with E-state index in [1.165, 1.54) is 25.8 Å². The Morgan fingerprint density at radius 2 is 2.11 bits per heavy atom. The predicted molar refractivity (Wildman–Crippen MR) is 74.8 cm³/mol. The van der Waals surface area contributed by atoms with Gasteiger partial charge in [-0.05, 0) is 30.7 Å². The molecule has 1 heterocycles. The number of benzene rings is 1. The summed E-state index contributed by atoms with van der Waals surface area (Å²) in [5, 5.41) is 10.0. The number of rotatable bonds is 6. The lowest BCUT2D eigenvalue weighted by Gasteiger charge is -2.28. The van der Waals surface area contributed by atoms with Crippen LogP contribution in [0.4, 0.5) is 0 Å². The maximum atomic E-state index is 10.0. The number of aliphatic hydroxyl groups is 1. The van der Waals surface area contributed by atoms with Gasteiger partial charge in [0.25, 0.3) is 0 Å². The molecule has 3 nitrogen and oxygen atoms in total. The second-order valence-corrected chi connectivity index (χ2v) is 5.94. The van der Waals surface area contributed by atoms with Crippen molar-refractivity contribution in [1.82, 2.24) is 4.90 Å². The first kappa shape index (κ1) is 13.1. The first-order valence-corrected chi connectivity index (χ1v) is 7.35. The average Bonchev–Trinajstić information content (AvgIpc) is 3.02. The molecule has 2 fully saturated rings. The zero-order valence-electron chi connectivity index (χ0n) is 11.4. The van der Waals surface area contributed by atoms with Gasteiger partial charge in [0.05, 0.1) is 19.3 Å². The first-order valence-electron chi connectivity index (χ1n) is 7.35. The quantitative estimate of drug-likeness (QED) is 0.850. The number of likely N-dealkylation sites (tertiary alicyclic amines) is 1. The third-order valence-corrected chi connectivity index (χ3v) is 4.39. The van der Waals surface area contributed by atoms with E-state index in [1.54, 1.807) is 0 Å². The maximum absolute atomic E-state index is 10.0. The monoisotopic (exact) mass is 261 g/mol. The van der Waals surface area contributed by atoms with Gasteiger partial charge in [0, 0.05) is 19.1 Å². The Morgan fingerprint density at radius 1 is 1.26 bits per heavy atom. The Labute approximate surface area is 115 Å². The minimum atomic E-state index is -0.358. The van der Waals surface area contributed by atoms with E-state index in [-0.39, 0.29) is 6.10 Å². The molecule has 0 aromatic heterocycles. The molecule has 2 aliphatic rings. The lowest BCUT2D eigenvalue weighted by Crippen LogP contribution is -2.39. The summed E-state index contributed by atoms with van der Waals surface area (Å²) in [6, 6.07) is 10.8. The van der Waals surface area contributed by atoms with Gasteiger partial charge in [0.2, 0.25) is 0 Å². The van der Waals surface area contributed by atoms with Gasteiger partial charge < -0.3 is 9.84 Å². The van der Waals surface area contributed by atoms with Crippen LogP contribution in [0.5, 0.6) is 0 Å². The largest absolute Gasteiger partial charge is 0.389 e. The molecule has 1 aromatic rings. The Hall–Kier alpha value is -0.900. The van der Waals surface area contributed by atoms with Crippen molar-refractivity contribution in [2.75, 3.05) is 19.7 Å². The van der Waals surface area contributed by atoms with Crippen LogP contribution in [0.1, 0.15) is 24.8 Å². The fourth-order valence-corrected chi connectivity index (χ4v) is 3.46. The molecule has 0 spiro atoms. The summed E-state index contributed by atoms with van der Waals surface area (Å²) in [6.07, 6.45) is 3.70. The molecule has 3 atom stereocenters. The van der Waals surface area contributed by atoms with Gasteiger partial charge in [-0.25, -0.2) is 0 Å². The van der Waals surface area contributed by atoms with E-state index in [2.05, 4.69) is 4.90 Å². The summed E-state index contributed by atoms with van der Waals surface area (Å²) in [5.41, 5.74) is 1.16. The van der Waals surface area contributed by atoms with Crippen molar-refractivity contribution in [3.8, 4) is 0 Å². The van der Waals surface area contributed by atoms with Crippen LogP contribution >= 0.6 is 0 Å². The first-order chi connectivity index (χ1) is 9.31. The molecule has 3 rings (SSSR count). The minimum Gasteiger partial charge on any atom is -0.389 e. The molecule has 1 aliphatic carbocycles. The minimum absolute atomic E-state index is 0.358. The number of fused-ring (bicyclic) bond motifs is 2. The normalized spacial score (nSPS) is 27.8. The summed E-state index contributed by atoms with van der Waals surface area (Å²) in [7, 11) is 0. The summed E-state index contributed by atoms with van der Waals surface area (Å²) in [6.45, 7) is 2.98. The lowest BCUT2D eigenvalue weighted by molar-refractivity contribution is 0.00494. The highest BCUT2D eigenvalue weighted by atomic mass is 16.5. The number of piperidine rings is 1. The Kier molecular flexibility index (Phi) is 4.16. The van der Waals surface area contributed by atoms with E-state index in [9.17, 15) is 5.11 Å². The van der Waals surface area contributed by atoms with Crippen LogP contribution in [0.2, 0.25) is 0 Å². The van der Waals surface area contributed by atoms with Crippen LogP contribution in [0.15, 0.2) is 30.3 Å². The van der Waals surface area contributed by atoms with E-state index >= 15 is 0 Å². The highest BCUT2D eigenvalue weighted by molar-refractivity contribution is 5.13. The maximum Gasteiger partial charge on any atom is 0.0900 e. The lowest BCUT2D eigenvalue weighted by atomic mass is 10.1. The van der Waals surface area contributed by atoms with Gasteiger partial charge in [-0.3, -0.25) is 4.90 Å². The Bertz CT molecular complexity index is 395. The molecule has 104 valence electrons. The van der Waals surface area contributed by atoms with Crippen molar-refractivity contribution in [2.45, 2.75) is 38.0 Å². The number of nitrogens with zero attached hydrogens (tertiary/aromatic N) is 1. The Balaban J connectivity index is 1.36. The van der Waals surface area contributed by atoms with Crippen LogP contribution in [-0.4, -0.2) is 41.8 Å². The van der Waals surface area contributed by atoms with Crippen LogP contribution in [0, 0.1) is 5.92 Å². The zero-order valence-corrected chi connectivity index (χ0v) is 11.4. The third-order valence-electron chi connectivity index (χ3n) is 4.39. The highest BCUT2D eigenvalue weighted by Gasteiger charge is 2.38. The number of hydrogen-bond donors (Lipinski definition) is 1. The van der Waals surface area contributed by atoms with E-state index in [4.69, 9.17) is 4.74 Å². The van der Waals surface area contributed by atoms with Gasteiger partial charge in [0.15, 0.2) is 0 Å². The molecule has 1 aromatic carbocycles. The van der Waals surface area contributed by atoms with Gasteiger partial charge in [-0.1, -0.05) is 30.3 Å². The van der Waals surface area contributed by atoms with Crippen molar-refractivity contribution in [1.29, 1.82) is 0 Å². The third kappa shape index (κ3) is 3.35. The SMILES string of the molecule is OC(COCc1ccccc1)CN1CC2CCC1C2. The molecular weight excluding hydrogens is 238 g/mol. The number of hydrogen-bond acceptors (Lipinski definition) is 3. The van der Waals surface area contributed by atoms with Gasteiger partial charge in [0.1, 0.15) is 0 Å². The number of β-amino-alcohol motifs (C(OH)–C–C–N with tert-alkyl or cyclic N) is 1. The fourth-order valence-electron chi connectivity index (χ4n) is 3.46. The van der Waals surface area contributed by atoms with Gasteiger partial charge in [-0.2, -0.15) is 0 Å². The van der Waals surface area contributed by atoms with Gasteiger partial charge in [-0.15, -0.1) is 0 Å².